The van der Waals surface area contributed by atoms with Gasteiger partial charge >= 0.3 is 0 Å². The fourth-order valence-electron chi connectivity index (χ4n) is 3.08. The Morgan fingerprint density at radius 3 is 2.73 bits per heavy atom. The molecule has 0 bridgehead atoms. The maximum atomic E-state index is 12.2. The van der Waals surface area contributed by atoms with Crippen molar-refractivity contribution in [3.05, 3.63) is 58.6 Å². The number of hydrogen-bond acceptors (Lipinski definition) is 3. The highest BCUT2D eigenvalue weighted by atomic mass is 35.5. The SMILES string of the molecule is CC(Oc1ccc2c(c1)CCCC2)C(=O)NCCOc1ccccc1Cl. The third-order valence-electron chi connectivity index (χ3n) is 4.50. The van der Waals surface area contributed by atoms with E-state index in [1.165, 1.54) is 24.0 Å². The van der Waals surface area contributed by atoms with Gasteiger partial charge in [-0.15, -0.1) is 0 Å². The Hall–Kier alpha value is -2.20. The number of rotatable bonds is 7. The number of amides is 1. The van der Waals surface area contributed by atoms with E-state index >= 15 is 0 Å². The van der Waals surface area contributed by atoms with Gasteiger partial charge < -0.3 is 14.8 Å². The van der Waals surface area contributed by atoms with Gasteiger partial charge in [0.25, 0.3) is 5.91 Å². The average Bonchev–Trinajstić information content (AvgIpc) is 2.66. The second kappa shape index (κ2) is 8.95. The van der Waals surface area contributed by atoms with Crippen molar-refractivity contribution in [2.45, 2.75) is 38.7 Å². The highest BCUT2D eigenvalue weighted by Crippen LogP contribution is 2.26. The van der Waals surface area contributed by atoms with Crippen LogP contribution >= 0.6 is 11.6 Å². The summed E-state index contributed by atoms with van der Waals surface area (Å²) in [6.45, 7) is 2.49. The van der Waals surface area contributed by atoms with E-state index in [4.69, 9.17) is 21.1 Å². The molecule has 1 aliphatic rings. The first-order valence-electron chi connectivity index (χ1n) is 9.07. The fourth-order valence-corrected chi connectivity index (χ4v) is 3.27. The van der Waals surface area contributed by atoms with Crippen molar-refractivity contribution in [1.29, 1.82) is 0 Å². The van der Waals surface area contributed by atoms with Crippen LogP contribution in [-0.4, -0.2) is 25.2 Å². The van der Waals surface area contributed by atoms with Crippen LogP contribution in [-0.2, 0) is 17.6 Å². The summed E-state index contributed by atoms with van der Waals surface area (Å²) in [6, 6.07) is 13.4. The molecule has 1 amide bonds. The van der Waals surface area contributed by atoms with Crippen LogP contribution in [0.15, 0.2) is 42.5 Å². The highest BCUT2D eigenvalue weighted by Gasteiger charge is 2.16. The highest BCUT2D eigenvalue weighted by molar-refractivity contribution is 6.32. The van der Waals surface area contributed by atoms with E-state index in [9.17, 15) is 4.79 Å². The predicted octanol–water partition coefficient (Wildman–Crippen LogP) is 4.18. The van der Waals surface area contributed by atoms with Gasteiger partial charge in [-0.2, -0.15) is 0 Å². The number of ether oxygens (including phenoxy) is 2. The van der Waals surface area contributed by atoms with Crippen LogP contribution < -0.4 is 14.8 Å². The van der Waals surface area contributed by atoms with E-state index in [2.05, 4.69) is 17.4 Å². The molecule has 0 aliphatic heterocycles. The van der Waals surface area contributed by atoms with Gasteiger partial charge in [0, 0.05) is 0 Å². The van der Waals surface area contributed by atoms with Gasteiger partial charge in [-0.05, 0) is 68.0 Å². The van der Waals surface area contributed by atoms with E-state index in [0.717, 1.165) is 18.6 Å². The number of halogens is 1. The van der Waals surface area contributed by atoms with Crippen LogP contribution in [0.2, 0.25) is 5.02 Å². The van der Waals surface area contributed by atoms with Crippen molar-refractivity contribution in [1.82, 2.24) is 5.32 Å². The summed E-state index contributed by atoms with van der Waals surface area (Å²) in [7, 11) is 0. The summed E-state index contributed by atoms with van der Waals surface area (Å²) in [6.07, 6.45) is 4.14. The number of aryl methyl sites for hydroxylation is 2. The van der Waals surface area contributed by atoms with E-state index in [-0.39, 0.29) is 5.91 Å². The molecule has 1 N–H and O–H groups in total. The van der Waals surface area contributed by atoms with Crippen molar-refractivity contribution in [2.24, 2.45) is 0 Å². The Morgan fingerprint density at radius 1 is 1.15 bits per heavy atom. The number of nitrogens with one attached hydrogen (secondary N) is 1. The van der Waals surface area contributed by atoms with Crippen LogP contribution in [0.4, 0.5) is 0 Å². The zero-order valence-corrected chi connectivity index (χ0v) is 15.7. The Labute approximate surface area is 159 Å². The molecule has 26 heavy (non-hydrogen) atoms. The van der Waals surface area contributed by atoms with Gasteiger partial charge in [0.2, 0.25) is 0 Å². The molecule has 0 saturated carbocycles. The van der Waals surface area contributed by atoms with Gasteiger partial charge in [-0.25, -0.2) is 0 Å². The lowest BCUT2D eigenvalue weighted by atomic mass is 9.92. The summed E-state index contributed by atoms with van der Waals surface area (Å²) < 4.78 is 11.4. The van der Waals surface area contributed by atoms with Crippen molar-refractivity contribution in [2.75, 3.05) is 13.2 Å². The van der Waals surface area contributed by atoms with Crippen molar-refractivity contribution < 1.29 is 14.3 Å². The molecule has 5 heteroatoms. The molecule has 1 atom stereocenters. The van der Waals surface area contributed by atoms with Gasteiger partial charge in [-0.3, -0.25) is 4.79 Å². The molecule has 138 valence electrons. The lowest BCUT2D eigenvalue weighted by Gasteiger charge is -2.19. The van der Waals surface area contributed by atoms with Crippen LogP contribution in [0.25, 0.3) is 0 Å². The maximum Gasteiger partial charge on any atom is 0.260 e. The van der Waals surface area contributed by atoms with Crippen LogP contribution in [0.1, 0.15) is 30.9 Å². The molecular weight excluding hydrogens is 350 g/mol. The third kappa shape index (κ3) is 4.92. The van der Waals surface area contributed by atoms with Gasteiger partial charge in [0.05, 0.1) is 11.6 Å². The standard InChI is InChI=1S/C21H24ClNO3/c1-15(26-18-11-10-16-6-2-3-7-17(16)14-18)21(24)23-12-13-25-20-9-5-4-8-19(20)22/h4-5,8-11,14-15H,2-3,6-7,12-13H2,1H3,(H,23,24). The monoisotopic (exact) mass is 373 g/mol. The maximum absolute atomic E-state index is 12.2. The minimum absolute atomic E-state index is 0.162. The predicted molar refractivity (Wildman–Crippen MR) is 103 cm³/mol. The van der Waals surface area contributed by atoms with Crippen LogP contribution in [0, 0.1) is 0 Å². The summed E-state index contributed by atoms with van der Waals surface area (Å²) in [5.41, 5.74) is 2.74. The first-order chi connectivity index (χ1) is 12.6. The number of hydrogen-bond donors (Lipinski definition) is 1. The van der Waals surface area contributed by atoms with Crippen molar-refractivity contribution in [3.63, 3.8) is 0 Å². The zero-order valence-electron chi connectivity index (χ0n) is 15.0. The molecule has 3 rings (SSSR count). The lowest BCUT2D eigenvalue weighted by Crippen LogP contribution is -2.38. The van der Waals surface area contributed by atoms with E-state index < -0.39 is 6.10 Å². The zero-order chi connectivity index (χ0) is 18.4. The second-order valence-corrected chi connectivity index (χ2v) is 6.87. The summed E-state index contributed by atoms with van der Waals surface area (Å²) in [4.78, 5) is 12.2. The quantitative estimate of drug-likeness (QED) is 0.740. The molecule has 0 spiro atoms. The minimum atomic E-state index is -0.558. The molecule has 0 heterocycles. The van der Waals surface area contributed by atoms with Crippen LogP contribution in [0.3, 0.4) is 0 Å². The Morgan fingerprint density at radius 2 is 1.92 bits per heavy atom. The number of carbonyl (C=O) groups is 1. The molecule has 0 radical (unpaired) electrons. The Bertz CT molecular complexity index is 763. The van der Waals surface area contributed by atoms with Gasteiger partial charge in [0.15, 0.2) is 6.10 Å². The third-order valence-corrected chi connectivity index (χ3v) is 4.81. The summed E-state index contributed by atoms with van der Waals surface area (Å²) in [5, 5.41) is 3.38. The van der Waals surface area contributed by atoms with E-state index in [0.29, 0.717) is 23.9 Å². The molecule has 0 fully saturated rings. The Balaban J connectivity index is 1.44. The van der Waals surface area contributed by atoms with Crippen molar-refractivity contribution in [3.8, 4) is 11.5 Å². The number of para-hydroxylation sites is 1. The Kier molecular flexibility index (Phi) is 6.40. The number of benzene rings is 2. The smallest absolute Gasteiger partial charge is 0.260 e. The molecule has 0 saturated heterocycles. The van der Waals surface area contributed by atoms with E-state index in [1.807, 2.05) is 18.2 Å². The van der Waals surface area contributed by atoms with Crippen molar-refractivity contribution >= 4 is 17.5 Å². The van der Waals surface area contributed by atoms with Crippen LogP contribution in [0.5, 0.6) is 11.5 Å². The normalized spacial score (nSPS) is 14.2. The molecule has 4 nitrogen and oxygen atoms in total. The second-order valence-electron chi connectivity index (χ2n) is 6.47. The fraction of sp³-hybridized carbons (Fsp3) is 0.381. The molecule has 1 aliphatic carbocycles. The summed E-state index contributed by atoms with van der Waals surface area (Å²) >= 11 is 6.02. The number of carbonyl (C=O) groups excluding carboxylic acids is 1. The largest absolute Gasteiger partial charge is 0.490 e. The number of fused-ring (bicyclic) bond motifs is 1. The molecule has 1 unspecified atom stereocenters. The topological polar surface area (TPSA) is 47.6 Å². The average molecular weight is 374 g/mol. The molecular formula is C21H24ClNO3. The van der Waals surface area contributed by atoms with Gasteiger partial charge in [0.1, 0.15) is 18.1 Å². The first kappa shape index (κ1) is 18.6. The minimum Gasteiger partial charge on any atom is -0.490 e. The molecule has 2 aromatic carbocycles. The lowest BCUT2D eigenvalue weighted by molar-refractivity contribution is -0.127. The van der Waals surface area contributed by atoms with E-state index in [1.54, 1.807) is 19.1 Å². The van der Waals surface area contributed by atoms with Gasteiger partial charge in [-0.1, -0.05) is 29.8 Å². The first-order valence-corrected chi connectivity index (χ1v) is 9.45. The molecule has 0 aromatic heterocycles. The summed E-state index contributed by atoms with van der Waals surface area (Å²) in [5.74, 6) is 1.20. The molecule has 2 aromatic rings.